The second kappa shape index (κ2) is 6.19. The zero-order chi connectivity index (χ0) is 12.0. The van der Waals surface area contributed by atoms with Gasteiger partial charge in [0, 0.05) is 25.5 Å². The number of ether oxygens (including phenoxy) is 1. The Kier molecular flexibility index (Phi) is 4.88. The van der Waals surface area contributed by atoms with Crippen LogP contribution in [0.3, 0.4) is 0 Å². The second-order valence-electron chi connectivity index (χ2n) is 3.55. The average Bonchev–Trinajstić information content (AvgIpc) is 2.31. The van der Waals surface area contributed by atoms with Crippen molar-refractivity contribution in [3.63, 3.8) is 0 Å². The van der Waals surface area contributed by atoms with Gasteiger partial charge in [0.1, 0.15) is 6.04 Å². The average molecular weight is 223 g/mol. The molecule has 0 amide bonds. The molecule has 2 N–H and O–H groups in total. The lowest BCUT2D eigenvalue weighted by Gasteiger charge is -2.24. The molecule has 0 aliphatic rings. The van der Waals surface area contributed by atoms with E-state index in [0.717, 1.165) is 5.56 Å². The molecule has 0 fully saturated rings. The lowest BCUT2D eigenvalue weighted by Crippen LogP contribution is -2.44. The number of hydrogen-bond acceptors (Lipinski definition) is 5. The molecule has 1 unspecified atom stereocenters. The predicted molar refractivity (Wildman–Crippen MR) is 60.6 cm³/mol. The van der Waals surface area contributed by atoms with Crippen LogP contribution in [0.25, 0.3) is 0 Å². The molecular formula is C11H17N3O2. The Labute approximate surface area is 95.2 Å². The van der Waals surface area contributed by atoms with E-state index in [1.807, 2.05) is 24.1 Å². The van der Waals surface area contributed by atoms with Gasteiger partial charge in [0.05, 0.1) is 7.11 Å². The van der Waals surface area contributed by atoms with Crippen LogP contribution >= 0.6 is 0 Å². The minimum Gasteiger partial charge on any atom is -0.468 e. The molecule has 1 heterocycles. The third-order valence-corrected chi connectivity index (χ3v) is 2.41. The highest BCUT2D eigenvalue weighted by Crippen LogP contribution is 2.05. The van der Waals surface area contributed by atoms with Crippen LogP contribution in [0.5, 0.6) is 0 Å². The van der Waals surface area contributed by atoms with Crippen molar-refractivity contribution in [3.05, 3.63) is 30.1 Å². The van der Waals surface area contributed by atoms with Crippen molar-refractivity contribution in [2.24, 2.45) is 5.73 Å². The molecule has 5 nitrogen and oxygen atoms in total. The molecule has 0 saturated heterocycles. The molecule has 0 saturated carbocycles. The van der Waals surface area contributed by atoms with Gasteiger partial charge in [-0.25, -0.2) is 0 Å². The number of carbonyl (C=O) groups excluding carboxylic acids is 1. The van der Waals surface area contributed by atoms with Gasteiger partial charge in [-0.2, -0.15) is 0 Å². The second-order valence-corrected chi connectivity index (χ2v) is 3.55. The zero-order valence-corrected chi connectivity index (χ0v) is 9.59. The van der Waals surface area contributed by atoms with E-state index in [2.05, 4.69) is 9.72 Å². The molecule has 0 aliphatic carbocycles. The molecular weight excluding hydrogens is 206 g/mol. The first-order valence-electron chi connectivity index (χ1n) is 5.06. The predicted octanol–water partition coefficient (Wildman–Crippen LogP) is 0.0137. The molecule has 1 aromatic heterocycles. The van der Waals surface area contributed by atoms with Gasteiger partial charge >= 0.3 is 5.97 Å². The maximum absolute atomic E-state index is 11.4. The van der Waals surface area contributed by atoms with E-state index < -0.39 is 6.04 Å². The molecule has 1 aromatic rings. The van der Waals surface area contributed by atoms with Crippen LogP contribution in [0.15, 0.2) is 24.5 Å². The van der Waals surface area contributed by atoms with Crippen molar-refractivity contribution >= 4 is 5.97 Å². The molecule has 0 aromatic carbocycles. The summed E-state index contributed by atoms with van der Waals surface area (Å²) < 4.78 is 4.69. The lowest BCUT2D eigenvalue weighted by atomic mass is 10.2. The molecule has 16 heavy (non-hydrogen) atoms. The number of nitrogens with two attached hydrogens (primary N) is 1. The number of rotatable bonds is 5. The van der Waals surface area contributed by atoms with Crippen molar-refractivity contribution in [2.45, 2.75) is 12.6 Å². The van der Waals surface area contributed by atoms with E-state index in [4.69, 9.17) is 5.73 Å². The molecule has 88 valence electrons. The minimum absolute atomic E-state index is 0.244. The number of likely N-dealkylation sites (N-methyl/N-ethyl adjacent to an activating group) is 1. The number of esters is 1. The largest absolute Gasteiger partial charge is 0.468 e. The van der Waals surface area contributed by atoms with Crippen molar-refractivity contribution < 1.29 is 9.53 Å². The van der Waals surface area contributed by atoms with Gasteiger partial charge in [0.25, 0.3) is 0 Å². The van der Waals surface area contributed by atoms with E-state index in [9.17, 15) is 4.79 Å². The Morgan fingerprint density at radius 2 is 2.19 bits per heavy atom. The zero-order valence-electron chi connectivity index (χ0n) is 9.59. The SMILES string of the molecule is COC(=O)C(CN)N(C)Cc1ccncc1. The van der Waals surface area contributed by atoms with Crippen LogP contribution < -0.4 is 5.73 Å². The summed E-state index contributed by atoms with van der Waals surface area (Å²) >= 11 is 0. The fourth-order valence-electron chi connectivity index (χ4n) is 1.48. The molecule has 1 atom stereocenters. The summed E-state index contributed by atoms with van der Waals surface area (Å²) in [6, 6.07) is 3.40. The summed E-state index contributed by atoms with van der Waals surface area (Å²) in [6.45, 7) is 0.883. The molecule has 5 heteroatoms. The number of hydrogen-bond donors (Lipinski definition) is 1. The number of carbonyl (C=O) groups is 1. The Bertz CT molecular complexity index is 329. The number of aromatic nitrogens is 1. The minimum atomic E-state index is -0.404. The first-order valence-corrected chi connectivity index (χ1v) is 5.06. The summed E-state index contributed by atoms with van der Waals surface area (Å²) in [4.78, 5) is 17.2. The van der Waals surface area contributed by atoms with Gasteiger partial charge in [0.2, 0.25) is 0 Å². The first-order chi connectivity index (χ1) is 7.69. The van der Waals surface area contributed by atoms with Crippen LogP contribution in [-0.4, -0.2) is 42.6 Å². The third-order valence-electron chi connectivity index (χ3n) is 2.41. The quantitative estimate of drug-likeness (QED) is 0.712. The van der Waals surface area contributed by atoms with Gasteiger partial charge < -0.3 is 10.5 Å². The Morgan fingerprint density at radius 1 is 1.56 bits per heavy atom. The van der Waals surface area contributed by atoms with Crippen LogP contribution in [0.2, 0.25) is 0 Å². The van der Waals surface area contributed by atoms with Gasteiger partial charge in [0.15, 0.2) is 0 Å². The van der Waals surface area contributed by atoms with Gasteiger partial charge in [-0.1, -0.05) is 0 Å². The number of pyridine rings is 1. The maximum Gasteiger partial charge on any atom is 0.324 e. The van der Waals surface area contributed by atoms with E-state index in [1.54, 1.807) is 12.4 Å². The Hall–Kier alpha value is -1.46. The van der Waals surface area contributed by atoms with Crippen molar-refractivity contribution in [2.75, 3.05) is 20.7 Å². The van der Waals surface area contributed by atoms with Crippen molar-refractivity contribution in [3.8, 4) is 0 Å². The summed E-state index contributed by atoms with van der Waals surface area (Å²) in [6.07, 6.45) is 3.44. The van der Waals surface area contributed by atoms with Gasteiger partial charge in [-0.15, -0.1) is 0 Å². The topological polar surface area (TPSA) is 68.5 Å². The smallest absolute Gasteiger partial charge is 0.324 e. The molecule has 0 aliphatic heterocycles. The van der Waals surface area contributed by atoms with Crippen molar-refractivity contribution in [1.82, 2.24) is 9.88 Å². The van der Waals surface area contributed by atoms with Crippen LogP contribution in [0, 0.1) is 0 Å². The van der Waals surface area contributed by atoms with E-state index >= 15 is 0 Å². The highest BCUT2D eigenvalue weighted by Gasteiger charge is 2.22. The fraction of sp³-hybridized carbons (Fsp3) is 0.455. The summed E-state index contributed by atoms with van der Waals surface area (Å²) in [5.41, 5.74) is 6.63. The van der Waals surface area contributed by atoms with Crippen LogP contribution in [-0.2, 0) is 16.1 Å². The van der Waals surface area contributed by atoms with Crippen molar-refractivity contribution in [1.29, 1.82) is 0 Å². The van der Waals surface area contributed by atoms with Crippen LogP contribution in [0.1, 0.15) is 5.56 Å². The maximum atomic E-state index is 11.4. The standard InChI is InChI=1S/C11H17N3O2/c1-14(10(7-12)11(15)16-2)8-9-3-5-13-6-4-9/h3-6,10H,7-8,12H2,1-2H3. The molecule has 1 rings (SSSR count). The molecule has 0 radical (unpaired) electrons. The van der Waals surface area contributed by atoms with E-state index in [1.165, 1.54) is 7.11 Å². The fourth-order valence-corrected chi connectivity index (χ4v) is 1.48. The highest BCUT2D eigenvalue weighted by molar-refractivity contribution is 5.75. The Balaban J connectivity index is 2.63. The normalized spacial score (nSPS) is 12.5. The van der Waals surface area contributed by atoms with Gasteiger partial charge in [-0.05, 0) is 24.7 Å². The highest BCUT2D eigenvalue weighted by atomic mass is 16.5. The molecule has 0 bridgehead atoms. The van der Waals surface area contributed by atoms with Gasteiger partial charge in [-0.3, -0.25) is 14.7 Å². The Morgan fingerprint density at radius 3 is 2.69 bits per heavy atom. The van der Waals surface area contributed by atoms with E-state index in [-0.39, 0.29) is 12.5 Å². The molecule has 0 spiro atoms. The van der Waals surface area contributed by atoms with E-state index in [0.29, 0.717) is 6.54 Å². The lowest BCUT2D eigenvalue weighted by molar-refractivity contribution is -0.146. The monoisotopic (exact) mass is 223 g/mol. The summed E-state index contributed by atoms with van der Waals surface area (Å²) in [7, 11) is 3.21. The third kappa shape index (κ3) is 3.29. The van der Waals surface area contributed by atoms with Crippen LogP contribution in [0.4, 0.5) is 0 Å². The first kappa shape index (κ1) is 12.6. The number of methoxy groups -OCH3 is 1. The summed E-state index contributed by atoms with van der Waals surface area (Å²) in [5, 5.41) is 0. The summed E-state index contributed by atoms with van der Waals surface area (Å²) in [5.74, 6) is -0.306. The number of nitrogens with zero attached hydrogens (tertiary/aromatic N) is 2.